The minimum Gasteiger partial charge on any atom is -0.353 e. The van der Waals surface area contributed by atoms with Gasteiger partial charge in [0.05, 0.1) is 47.6 Å². The number of carbonyl (C=O) groups excluding carboxylic acids is 1. The van der Waals surface area contributed by atoms with Crippen molar-refractivity contribution in [1.29, 1.82) is 0 Å². The molecule has 1 saturated heterocycles. The summed E-state index contributed by atoms with van der Waals surface area (Å²) in [5.74, 6) is 0.297. The van der Waals surface area contributed by atoms with Crippen LogP contribution in [0.4, 0.5) is 16.0 Å². The molecule has 0 spiro atoms. The molecule has 4 heterocycles. The number of halogens is 1. The van der Waals surface area contributed by atoms with Crippen LogP contribution in [0.15, 0.2) is 61.1 Å². The molecule has 0 bridgehead atoms. The van der Waals surface area contributed by atoms with Gasteiger partial charge in [0.15, 0.2) is 5.82 Å². The third kappa shape index (κ3) is 6.30. The average Bonchev–Trinajstić information content (AvgIpc) is 3.40. The summed E-state index contributed by atoms with van der Waals surface area (Å²) in [6.07, 6.45) is 4.03. The van der Waals surface area contributed by atoms with E-state index in [9.17, 15) is 9.18 Å². The number of nitrogens with one attached hydrogen (secondary N) is 3. The zero-order valence-electron chi connectivity index (χ0n) is 22.5. The molecule has 3 N–H and O–H groups in total. The Bertz CT molecular complexity index is 1440. The normalized spacial score (nSPS) is 19.0. The summed E-state index contributed by atoms with van der Waals surface area (Å²) in [5, 5.41) is 6.08. The van der Waals surface area contributed by atoms with E-state index >= 15 is 0 Å². The van der Waals surface area contributed by atoms with Crippen molar-refractivity contribution in [3.05, 3.63) is 72.7 Å². The molecular formula is C28H31FN8O3. The number of aromatic amines is 1. The molecule has 0 atom stereocenters. The maximum atomic E-state index is 13.7. The van der Waals surface area contributed by atoms with Crippen molar-refractivity contribution in [2.24, 2.45) is 5.41 Å². The quantitative estimate of drug-likeness (QED) is 0.287. The van der Waals surface area contributed by atoms with E-state index in [1.807, 2.05) is 14.1 Å². The van der Waals surface area contributed by atoms with Gasteiger partial charge in [0, 0.05) is 31.0 Å². The topological polar surface area (TPSA) is 130 Å². The third-order valence-corrected chi connectivity index (χ3v) is 6.39. The van der Waals surface area contributed by atoms with Gasteiger partial charge in [-0.15, -0.1) is 0 Å². The Kier molecular flexibility index (Phi) is 8.10. The van der Waals surface area contributed by atoms with Crippen molar-refractivity contribution in [3.63, 3.8) is 0 Å². The highest BCUT2D eigenvalue weighted by atomic mass is 19.1. The lowest BCUT2D eigenvalue weighted by Crippen LogP contribution is -2.45. The summed E-state index contributed by atoms with van der Waals surface area (Å²) < 4.78 is 25.7. The lowest BCUT2D eigenvalue weighted by atomic mass is 9.91. The second-order valence-electron chi connectivity index (χ2n) is 10.1. The number of carbonyl (C=O) groups is 1. The van der Waals surface area contributed by atoms with Gasteiger partial charge in [0.2, 0.25) is 18.1 Å². The maximum Gasteiger partial charge on any atom is 0.235 e. The Morgan fingerprint density at radius 1 is 1.12 bits per heavy atom. The van der Waals surface area contributed by atoms with Gasteiger partial charge in [-0.25, -0.2) is 19.3 Å². The number of pyridine rings is 1. The lowest BCUT2D eigenvalue weighted by molar-refractivity contribution is -0.229. The standard InChI is InChI=1S/C28H31FN8O3/c1-28(26(38)33-20-5-4-11-30-15-20)16-39-25(40-17-28)24-35-22(18-6-8-19(29)9-7-18)23(36-24)21-10-12-31-27(34-21)32-13-14-37(2)3/h4-12,15,25H,13-14,16-17H2,1-3H3,(H,33,38)(H,35,36)(H,31,32,34). The first kappa shape index (κ1) is 27.3. The molecule has 12 heteroatoms. The zero-order valence-corrected chi connectivity index (χ0v) is 22.5. The Labute approximate surface area is 231 Å². The van der Waals surface area contributed by atoms with Gasteiger partial charge in [0.1, 0.15) is 5.82 Å². The predicted molar refractivity (Wildman–Crippen MR) is 148 cm³/mol. The van der Waals surface area contributed by atoms with Crippen LogP contribution in [-0.2, 0) is 14.3 Å². The van der Waals surface area contributed by atoms with E-state index in [0.717, 1.165) is 6.54 Å². The molecule has 208 valence electrons. The second kappa shape index (κ2) is 11.9. The highest BCUT2D eigenvalue weighted by Gasteiger charge is 2.41. The molecule has 11 nitrogen and oxygen atoms in total. The minimum absolute atomic E-state index is 0.110. The molecule has 1 aromatic carbocycles. The van der Waals surface area contributed by atoms with Crippen LogP contribution in [0, 0.1) is 11.2 Å². The van der Waals surface area contributed by atoms with Crippen molar-refractivity contribution in [2.75, 3.05) is 51.0 Å². The van der Waals surface area contributed by atoms with Gasteiger partial charge in [0.25, 0.3) is 0 Å². The highest BCUT2D eigenvalue weighted by molar-refractivity contribution is 5.95. The first-order valence-corrected chi connectivity index (χ1v) is 12.8. The van der Waals surface area contributed by atoms with E-state index in [1.54, 1.807) is 55.8 Å². The monoisotopic (exact) mass is 546 g/mol. The molecule has 40 heavy (non-hydrogen) atoms. The third-order valence-electron chi connectivity index (χ3n) is 6.39. The Hall–Kier alpha value is -4.26. The van der Waals surface area contributed by atoms with Gasteiger partial charge in [-0.2, -0.15) is 0 Å². The summed E-state index contributed by atoms with van der Waals surface area (Å²) in [5.41, 5.74) is 2.13. The van der Waals surface area contributed by atoms with Gasteiger partial charge < -0.3 is 30.0 Å². The number of rotatable bonds is 9. The van der Waals surface area contributed by atoms with Crippen molar-refractivity contribution >= 4 is 17.5 Å². The molecule has 4 aromatic rings. The second-order valence-corrected chi connectivity index (χ2v) is 10.1. The number of H-pyrrole nitrogens is 1. The largest absolute Gasteiger partial charge is 0.353 e. The minimum atomic E-state index is -0.915. The number of ether oxygens (including phenoxy) is 2. The molecule has 3 aromatic heterocycles. The van der Waals surface area contributed by atoms with Crippen LogP contribution in [0.25, 0.3) is 22.6 Å². The van der Waals surface area contributed by atoms with Gasteiger partial charge in [-0.1, -0.05) is 0 Å². The fourth-order valence-corrected chi connectivity index (χ4v) is 4.10. The summed E-state index contributed by atoms with van der Waals surface area (Å²) in [4.78, 5) is 36.1. The summed E-state index contributed by atoms with van der Waals surface area (Å²) in [6.45, 7) is 3.49. The van der Waals surface area contributed by atoms with Gasteiger partial charge in [-0.3, -0.25) is 9.78 Å². The Morgan fingerprint density at radius 2 is 1.90 bits per heavy atom. The number of benzene rings is 1. The van der Waals surface area contributed by atoms with Crippen LogP contribution >= 0.6 is 0 Å². The average molecular weight is 547 g/mol. The smallest absolute Gasteiger partial charge is 0.235 e. The van der Waals surface area contributed by atoms with Crippen LogP contribution < -0.4 is 10.6 Å². The fourth-order valence-electron chi connectivity index (χ4n) is 4.10. The zero-order chi connectivity index (χ0) is 28.1. The molecule has 1 aliphatic rings. The molecular weight excluding hydrogens is 515 g/mol. The van der Waals surface area contributed by atoms with E-state index in [2.05, 4.69) is 35.5 Å². The predicted octanol–water partition coefficient (Wildman–Crippen LogP) is 3.73. The number of hydrogen-bond donors (Lipinski definition) is 3. The molecule has 0 radical (unpaired) electrons. The molecule has 1 fully saturated rings. The summed E-state index contributed by atoms with van der Waals surface area (Å²) >= 11 is 0. The number of anilines is 2. The van der Waals surface area contributed by atoms with Crippen LogP contribution in [0.5, 0.6) is 0 Å². The molecule has 0 unspecified atom stereocenters. The molecule has 0 saturated carbocycles. The molecule has 5 rings (SSSR count). The summed E-state index contributed by atoms with van der Waals surface area (Å²) in [7, 11) is 3.98. The number of imidazole rings is 1. The fraction of sp³-hybridized carbons (Fsp3) is 0.321. The Morgan fingerprint density at radius 3 is 2.60 bits per heavy atom. The number of amides is 1. The van der Waals surface area contributed by atoms with E-state index < -0.39 is 11.7 Å². The molecule has 0 aliphatic carbocycles. The first-order chi connectivity index (χ1) is 19.3. The number of likely N-dealkylation sites (N-methyl/N-ethyl adjacent to an activating group) is 1. The summed E-state index contributed by atoms with van der Waals surface area (Å²) in [6, 6.07) is 11.3. The Balaban J connectivity index is 1.37. The van der Waals surface area contributed by atoms with Crippen molar-refractivity contribution in [2.45, 2.75) is 13.2 Å². The van der Waals surface area contributed by atoms with Crippen LogP contribution in [0.1, 0.15) is 19.0 Å². The van der Waals surface area contributed by atoms with Crippen molar-refractivity contribution < 1.29 is 18.7 Å². The van der Waals surface area contributed by atoms with E-state index in [1.165, 1.54) is 12.1 Å². The SMILES string of the molecule is CN(C)CCNc1nccc(-c2[nH]c(C3OCC(C)(C(=O)Nc4cccnc4)CO3)nc2-c2ccc(F)cc2)n1. The van der Waals surface area contributed by atoms with Crippen LogP contribution in [0.3, 0.4) is 0 Å². The lowest BCUT2D eigenvalue weighted by Gasteiger charge is -2.35. The van der Waals surface area contributed by atoms with Gasteiger partial charge >= 0.3 is 0 Å². The van der Waals surface area contributed by atoms with E-state index in [0.29, 0.717) is 46.7 Å². The van der Waals surface area contributed by atoms with E-state index in [4.69, 9.17) is 14.5 Å². The molecule has 1 aliphatic heterocycles. The van der Waals surface area contributed by atoms with Crippen LogP contribution in [0.2, 0.25) is 0 Å². The first-order valence-electron chi connectivity index (χ1n) is 12.8. The number of aromatic nitrogens is 5. The molecule has 1 amide bonds. The number of hydrogen-bond acceptors (Lipinski definition) is 9. The van der Waals surface area contributed by atoms with E-state index in [-0.39, 0.29) is 24.9 Å². The maximum absolute atomic E-state index is 13.7. The van der Waals surface area contributed by atoms with Crippen molar-refractivity contribution in [3.8, 4) is 22.6 Å². The van der Waals surface area contributed by atoms with Crippen molar-refractivity contribution in [1.82, 2.24) is 29.8 Å². The number of nitrogens with zero attached hydrogens (tertiary/aromatic N) is 5. The van der Waals surface area contributed by atoms with Crippen LogP contribution in [-0.4, -0.2) is 76.1 Å². The van der Waals surface area contributed by atoms with Gasteiger partial charge in [-0.05, 0) is 63.5 Å². The highest BCUT2D eigenvalue weighted by Crippen LogP contribution is 2.36.